The minimum atomic E-state index is -0.358. The second kappa shape index (κ2) is 4.20. The molecule has 19 heavy (non-hydrogen) atoms. The van der Waals surface area contributed by atoms with Crippen LogP contribution in [0.1, 0.15) is 5.56 Å². The van der Waals surface area contributed by atoms with Gasteiger partial charge in [0, 0.05) is 5.69 Å². The maximum atomic E-state index is 13.0. The zero-order valence-corrected chi connectivity index (χ0v) is 9.92. The second-order valence-corrected chi connectivity index (χ2v) is 4.15. The van der Waals surface area contributed by atoms with Gasteiger partial charge in [-0.15, -0.1) is 0 Å². The number of anilines is 2. The van der Waals surface area contributed by atoms with E-state index in [4.69, 9.17) is 11.5 Å². The van der Waals surface area contributed by atoms with Crippen LogP contribution in [-0.2, 0) is 6.54 Å². The number of benzene rings is 1. The van der Waals surface area contributed by atoms with E-state index in [2.05, 4.69) is 15.0 Å². The van der Waals surface area contributed by atoms with Crippen molar-refractivity contribution in [3.05, 3.63) is 42.2 Å². The molecule has 2 heterocycles. The molecule has 7 heteroatoms. The summed E-state index contributed by atoms with van der Waals surface area (Å²) in [4.78, 5) is 12.2. The van der Waals surface area contributed by atoms with E-state index in [9.17, 15) is 4.39 Å². The number of halogens is 1. The van der Waals surface area contributed by atoms with Crippen molar-refractivity contribution in [3.8, 4) is 0 Å². The van der Waals surface area contributed by atoms with E-state index in [0.29, 0.717) is 29.2 Å². The van der Waals surface area contributed by atoms with Crippen LogP contribution in [0.15, 0.2) is 30.9 Å². The van der Waals surface area contributed by atoms with Crippen LogP contribution in [0, 0.1) is 5.82 Å². The van der Waals surface area contributed by atoms with Gasteiger partial charge < -0.3 is 16.0 Å². The third kappa shape index (κ3) is 1.95. The van der Waals surface area contributed by atoms with E-state index in [-0.39, 0.29) is 5.82 Å². The minimum absolute atomic E-state index is 0.329. The molecule has 0 spiro atoms. The largest absolute Gasteiger partial charge is 0.398 e. The van der Waals surface area contributed by atoms with Gasteiger partial charge in [0.15, 0.2) is 11.5 Å². The van der Waals surface area contributed by atoms with Crippen LogP contribution >= 0.6 is 0 Å². The SMILES string of the molecule is Nc1cc(F)ccc1Cn1cnc2c(N)ncnc21. The Bertz CT molecular complexity index is 751. The molecule has 0 aliphatic carbocycles. The Morgan fingerprint density at radius 3 is 2.79 bits per heavy atom. The first-order valence-electron chi connectivity index (χ1n) is 5.60. The summed E-state index contributed by atoms with van der Waals surface area (Å²) in [6.07, 6.45) is 2.99. The molecular weight excluding hydrogens is 247 g/mol. The molecule has 0 bridgehead atoms. The highest BCUT2D eigenvalue weighted by atomic mass is 19.1. The Balaban J connectivity index is 2.04. The average Bonchev–Trinajstić information content (AvgIpc) is 2.78. The van der Waals surface area contributed by atoms with Crippen molar-refractivity contribution in [2.75, 3.05) is 11.5 Å². The highest BCUT2D eigenvalue weighted by Gasteiger charge is 2.09. The van der Waals surface area contributed by atoms with Gasteiger partial charge in [-0.3, -0.25) is 0 Å². The molecule has 4 N–H and O–H groups in total. The summed E-state index contributed by atoms with van der Waals surface area (Å²) < 4.78 is 14.8. The van der Waals surface area contributed by atoms with Crippen LogP contribution < -0.4 is 11.5 Å². The highest BCUT2D eigenvalue weighted by molar-refractivity contribution is 5.81. The van der Waals surface area contributed by atoms with Crippen molar-refractivity contribution in [2.24, 2.45) is 0 Å². The van der Waals surface area contributed by atoms with Gasteiger partial charge in [-0.1, -0.05) is 6.07 Å². The quantitative estimate of drug-likeness (QED) is 0.673. The molecule has 1 aromatic carbocycles. The number of nitrogens with two attached hydrogens (primary N) is 2. The smallest absolute Gasteiger partial charge is 0.165 e. The molecule has 0 aliphatic rings. The molecule has 0 amide bonds. The third-order valence-electron chi connectivity index (χ3n) is 2.88. The molecule has 6 nitrogen and oxygen atoms in total. The van der Waals surface area contributed by atoms with Crippen LogP contribution in [0.5, 0.6) is 0 Å². The summed E-state index contributed by atoms with van der Waals surface area (Å²) in [6.45, 7) is 0.444. The van der Waals surface area contributed by atoms with Gasteiger partial charge in [0.2, 0.25) is 0 Å². The van der Waals surface area contributed by atoms with Crippen molar-refractivity contribution < 1.29 is 4.39 Å². The second-order valence-electron chi connectivity index (χ2n) is 4.15. The van der Waals surface area contributed by atoms with Gasteiger partial charge in [-0.2, -0.15) is 0 Å². The molecule has 0 unspecified atom stereocenters. The predicted octanol–water partition coefficient (Wildman–Crippen LogP) is 1.18. The summed E-state index contributed by atoms with van der Waals surface area (Å²) in [6, 6.07) is 4.30. The monoisotopic (exact) mass is 258 g/mol. The van der Waals surface area contributed by atoms with E-state index in [1.54, 1.807) is 17.0 Å². The van der Waals surface area contributed by atoms with Crippen LogP contribution in [0.3, 0.4) is 0 Å². The first kappa shape index (κ1) is 11.4. The predicted molar refractivity (Wildman–Crippen MR) is 69.6 cm³/mol. The maximum absolute atomic E-state index is 13.0. The summed E-state index contributed by atoms with van der Waals surface area (Å²) in [5.41, 5.74) is 13.8. The van der Waals surface area contributed by atoms with Crippen molar-refractivity contribution in [3.63, 3.8) is 0 Å². The van der Waals surface area contributed by atoms with Crippen molar-refractivity contribution in [1.29, 1.82) is 0 Å². The number of fused-ring (bicyclic) bond motifs is 1. The Labute approximate surface area is 107 Å². The van der Waals surface area contributed by atoms with Gasteiger partial charge >= 0.3 is 0 Å². The fourth-order valence-corrected chi connectivity index (χ4v) is 1.91. The minimum Gasteiger partial charge on any atom is -0.398 e. The van der Waals surface area contributed by atoms with Gasteiger partial charge in [0.25, 0.3) is 0 Å². The molecule has 2 aromatic heterocycles. The fraction of sp³-hybridized carbons (Fsp3) is 0.0833. The molecule has 0 saturated heterocycles. The Hall–Kier alpha value is -2.70. The average molecular weight is 258 g/mol. The molecule has 0 atom stereocenters. The van der Waals surface area contributed by atoms with Gasteiger partial charge in [-0.05, 0) is 17.7 Å². The molecule has 0 fully saturated rings. The lowest BCUT2D eigenvalue weighted by Gasteiger charge is -2.07. The third-order valence-corrected chi connectivity index (χ3v) is 2.88. The Morgan fingerprint density at radius 2 is 2.00 bits per heavy atom. The Kier molecular flexibility index (Phi) is 2.52. The lowest BCUT2D eigenvalue weighted by Crippen LogP contribution is -2.03. The summed E-state index contributed by atoms with van der Waals surface area (Å²) in [5.74, 6) is -0.0286. The molecule has 3 aromatic rings. The standard InChI is InChI=1S/C12H11FN6/c13-8-2-1-7(9(14)3-8)4-19-6-18-10-11(15)16-5-17-12(10)19/h1-3,5-6H,4,14H2,(H2,15,16,17). The molecule has 0 saturated carbocycles. The molecular formula is C12H11FN6. The zero-order chi connectivity index (χ0) is 13.4. The summed E-state index contributed by atoms with van der Waals surface area (Å²) in [5, 5.41) is 0. The van der Waals surface area contributed by atoms with Crippen LogP contribution in [0.4, 0.5) is 15.9 Å². The van der Waals surface area contributed by atoms with E-state index in [1.807, 2.05) is 0 Å². The number of hydrogen-bond acceptors (Lipinski definition) is 5. The normalized spacial score (nSPS) is 11.0. The van der Waals surface area contributed by atoms with E-state index in [1.165, 1.54) is 18.5 Å². The van der Waals surface area contributed by atoms with Gasteiger partial charge in [0.05, 0.1) is 12.9 Å². The summed E-state index contributed by atoms with van der Waals surface area (Å²) >= 11 is 0. The molecule has 96 valence electrons. The van der Waals surface area contributed by atoms with Crippen LogP contribution in [0.2, 0.25) is 0 Å². The van der Waals surface area contributed by atoms with E-state index >= 15 is 0 Å². The fourth-order valence-electron chi connectivity index (χ4n) is 1.91. The maximum Gasteiger partial charge on any atom is 0.165 e. The number of hydrogen-bond donors (Lipinski definition) is 2. The molecule has 0 radical (unpaired) electrons. The summed E-state index contributed by atoms with van der Waals surface area (Å²) in [7, 11) is 0. The topological polar surface area (TPSA) is 95.6 Å². The van der Waals surface area contributed by atoms with Crippen LogP contribution in [-0.4, -0.2) is 19.5 Å². The number of nitrogen functional groups attached to an aromatic ring is 2. The zero-order valence-electron chi connectivity index (χ0n) is 9.92. The number of nitrogens with zero attached hydrogens (tertiary/aromatic N) is 4. The first-order chi connectivity index (χ1) is 9.15. The number of imidazole rings is 1. The van der Waals surface area contributed by atoms with Crippen molar-refractivity contribution in [2.45, 2.75) is 6.54 Å². The molecule has 0 aliphatic heterocycles. The number of aromatic nitrogens is 4. The van der Waals surface area contributed by atoms with E-state index in [0.717, 1.165) is 5.56 Å². The van der Waals surface area contributed by atoms with E-state index < -0.39 is 0 Å². The van der Waals surface area contributed by atoms with Crippen molar-refractivity contribution >= 4 is 22.7 Å². The van der Waals surface area contributed by atoms with Gasteiger partial charge in [-0.25, -0.2) is 19.3 Å². The molecule has 3 rings (SSSR count). The van der Waals surface area contributed by atoms with Crippen molar-refractivity contribution in [1.82, 2.24) is 19.5 Å². The van der Waals surface area contributed by atoms with Crippen LogP contribution in [0.25, 0.3) is 11.2 Å². The highest BCUT2D eigenvalue weighted by Crippen LogP contribution is 2.19. The number of rotatable bonds is 2. The lowest BCUT2D eigenvalue weighted by molar-refractivity contribution is 0.627. The lowest BCUT2D eigenvalue weighted by atomic mass is 10.2. The first-order valence-corrected chi connectivity index (χ1v) is 5.60. The van der Waals surface area contributed by atoms with Gasteiger partial charge in [0.1, 0.15) is 17.7 Å². The Morgan fingerprint density at radius 1 is 1.16 bits per heavy atom.